The molecule has 6 aromatic carbocycles. The number of nitrogens with zero attached hydrogens (tertiary/aromatic N) is 7. The van der Waals surface area contributed by atoms with Crippen molar-refractivity contribution in [2.75, 3.05) is 9.80 Å². The molecule has 0 saturated carbocycles. The molecule has 3 aliphatic rings. The molecule has 0 radical (unpaired) electrons. The number of amidine groups is 1. The molecule has 9 heteroatoms. The lowest BCUT2D eigenvalue weighted by atomic mass is 9.92. The Morgan fingerprint density at radius 3 is 1.49 bits per heavy atom. The van der Waals surface area contributed by atoms with Gasteiger partial charge in [0.05, 0.1) is 22.7 Å². The third kappa shape index (κ3) is 5.61. The predicted octanol–water partition coefficient (Wildman–Crippen LogP) is 11.7. The third-order valence-corrected chi connectivity index (χ3v) is 10.2. The zero-order valence-corrected chi connectivity index (χ0v) is 30.0. The van der Waals surface area contributed by atoms with Gasteiger partial charge in [-0.2, -0.15) is 0 Å². The molecule has 7 aromatic rings. The van der Waals surface area contributed by atoms with Crippen LogP contribution in [0, 0.1) is 5.92 Å². The number of rotatable bonds is 5. The maximum absolute atomic E-state index is 6.35. The molecule has 0 amide bonds. The van der Waals surface area contributed by atoms with Crippen molar-refractivity contribution in [2.24, 2.45) is 15.9 Å². The van der Waals surface area contributed by atoms with Crippen LogP contribution >= 0.6 is 0 Å². The van der Waals surface area contributed by atoms with E-state index < -0.39 is 0 Å². The summed E-state index contributed by atoms with van der Waals surface area (Å²) in [7, 11) is 0. The molecule has 0 saturated heterocycles. The number of fused-ring (bicyclic) bond motifs is 4. The van der Waals surface area contributed by atoms with Crippen molar-refractivity contribution in [3.8, 4) is 45.5 Å². The monoisotopic (exact) mass is 715 g/mol. The van der Waals surface area contributed by atoms with E-state index in [0.29, 0.717) is 11.7 Å². The first-order valence-corrected chi connectivity index (χ1v) is 18.1. The summed E-state index contributed by atoms with van der Waals surface area (Å²) >= 11 is 0. The van der Waals surface area contributed by atoms with Gasteiger partial charge >= 0.3 is 0 Å². The standard InChI is InChI=1S/C46H33N7O2/c1-29-25-48-45(49-26-30(29)2)35-23-31(52-37-11-3-7-15-41(37)54-42-16-8-4-12-38(42)52)19-21-33(35)34-22-20-32(24-36(34)46-50-27-47-28-51-46)53-39-13-5-9-17-43(39)55-44-18-10-6-14-40(44)53/h3-29H,1-2H3/t29-/m0/s1. The zero-order chi connectivity index (χ0) is 36.9. The summed E-state index contributed by atoms with van der Waals surface area (Å²) in [6.07, 6.45) is 6.96. The highest BCUT2D eigenvalue weighted by atomic mass is 16.5. The molecule has 1 atom stereocenters. The van der Waals surface area contributed by atoms with Crippen LogP contribution in [0.25, 0.3) is 22.5 Å². The Labute approximate surface area is 318 Å². The van der Waals surface area contributed by atoms with Gasteiger partial charge in [-0.05, 0) is 96.4 Å². The molecule has 0 bridgehead atoms. The Hall–Kier alpha value is -7.39. The molecule has 264 valence electrons. The van der Waals surface area contributed by atoms with Crippen LogP contribution in [0.15, 0.2) is 168 Å². The average Bonchev–Trinajstić information content (AvgIpc) is 3.41. The molecular formula is C46H33N7O2. The van der Waals surface area contributed by atoms with E-state index >= 15 is 0 Å². The minimum Gasteiger partial charge on any atom is -0.453 e. The maximum atomic E-state index is 6.35. The Kier molecular flexibility index (Phi) is 7.76. The molecule has 9 nitrogen and oxygen atoms in total. The highest BCUT2D eigenvalue weighted by Gasteiger charge is 2.29. The number of ether oxygens (including phenoxy) is 2. The van der Waals surface area contributed by atoms with E-state index in [2.05, 4.69) is 99.3 Å². The van der Waals surface area contributed by atoms with E-state index in [4.69, 9.17) is 19.5 Å². The third-order valence-electron chi connectivity index (χ3n) is 10.2. The summed E-state index contributed by atoms with van der Waals surface area (Å²) in [6, 6.07) is 45.2. The number of benzene rings is 6. The smallest absolute Gasteiger partial charge is 0.163 e. The topological polar surface area (TPSA) is 88.3 Å². The van der Waals surface area contributed by atoms with Crippen molar-refractivity contribution in [3.63, 3.8) is 0 Å². The van der Waals surface area contributed by atoms with Crippen LogP contribution in [0.4, 0.5) is 34.1 Å². The molecule has 4 heterocycles. The van der Waals surface area contributed by atoms with Crippen LogP contribution in [0.5, 0.6) is 23.0 Å². The fourth-order valence-corrected chi connectivity index (χ4v) is 7.28. The van der Waals surface area contributed by atoms with Crippen molar-refractivity contribution in [2.45, 2.75) is 13.8 Å². The molecule has 0 unspecified atom stereocenters. The van der Waals surface area contributed by atoms with Gasteiger partial charge in [-0.25, -0.2) is 24.9 Å². The van der Waals surface area contributed by atoms with E-state index in [1.165, 1.54) is 12.7 Å². The van der Waals surface area contributed by atoms with E-state index in [0.717, 1.165) is 84.9 Å². The fraction of sp³-hybridized carbons (Fsp3) is 0.0652. The van der Waals surface area contributed by atoms with E-state index in [1.54, 1.807) is 0 Å². The second kappa shape index (κ2) is 13.2. The van der Waals surface area contributed by atoms with Crippen LogP contribution < -0.4 is 19.3 Å². The van der Waals surface area contributed by atoms with Crippen LogP contribution in [-0.4, -0.2) is 27.0 Å². The van der Waals surface area contributed by atoms with Crippen LogP contribution in [-0.2, 0) is 0 Å². The lowest BCUT2D eigenvalue weighted by Gasteiger charge is -2.33. The van der Waals surface area contributed by atoms with Gasteiger partial charge < -0.3 is 19.3 Å². The van der Waals surface area contributed by atoms with Crippen LogP contribution in [0.1, 0.15) is 19.4 Å². The average molecular weight is 716 g/mol. The quantitative estimate of drug-likeness (QED) is 0.175. The molecule has 0 fully saturated rings. The molecule has 55 heavy (non-hydrogen) atoms. The van der Waals surface area contributed by atoms with Crippen molar-refractivity contribution < 1.29 is 9.47 Å². The van der Waals surface area contributed by atoms with E-state index in [-0.39, 0.29) is 5.92 Å². The summed E-state index contributed by atoms with van der Waals surface area (Å²) in [4.78, 5) is 27.9. The van der Waals surface area contributed by atoms with Crippen molar-refractivity contribution in [1.82, 2.24) is 15.0 Å². The number of hydrogen-bond donors (Lipinski definition) is 0. The van der Waals surface area contributed by atoms with E-state index in [1.807, 2.05) is 85.2 Å². The SMILES string of the molecule is CC1=CN=C(c2cc(N3c4ccccc4Oc4ccccc43)ccc2-c2ccc(N3c4ccccc4Oc4ccccc43)cc2-c2ncncn2)N=C[C@@H]1C. The first kappa shape index (κ1) is 32.3. The lowest BCUT2D eigenvalue weighted by molar-refractivity contribution is 0.477. The van der Waals surface area contributed by atoms with Crippen LogP contribution in [0.3, 0.4) is 0 Å². The van der Waals surface area contributed by atoms with Gasteiger partial charge in [0, 0.05) is 40.8 Å². The first-order valence-electron chi connectivity index (χ1n) is 18.1. The summed E-state index contributed by atoms with van der Waals surface area (Å²) in [5.41, 5.74) is 10.3. The van der Waals surface area contributed by atoms with Gasteiger partial charge in [-0.15, -0.1) is 0 Å². The summed E-state index contributed by atoms with van der Waals surface area (Å²) in [5, 5.41) is 0. The largest absolute Gasteiger partial charge is 0.453 e. The minimum absolute atomic E-state index is 0.144. The minimum atomic E-state index is 0.144. The summed E-state index contributed by atoms with van der Waals surface area (Å²) in [6.45, 7) is 4.22. The van der Waals surface area contributed by atoms with Gasteiger partial charge in [0.25, 0.3) is 0 Å². The number of allylic oxidation sites excluding steroid dienone is 1. The molecule has 10 rings (SSSR count). The lowest BCUT2D eigenvalue weighted by Crippen LogP contribution is -2.16. The number of anilines is 6. The molecule has 0 aliphatic carbocycles. The van der Waals surface area contributed by atoms with Gasteiger partial charge in [-0.1, -0.05) is 67.6 Å². The highest BCUT2D eigenvalue weighted by Crippen LogP contribution is 2.53. The maximum Gasteiger partial charge on any atom is 0.163 e. The Balaban J connectivity index is 1.20. The van der Waals surface area contributed by atoms with Gasteiger partial charge in [0.15, 0.2) is 34.7 Å². The van der Waals surface area contributed by atoms with Gasteiger partial charge in [0.1, 0.15) is 12.7 Å². The van der Waals surface area contributed by atoms with Crippen LogP contribution in [0.2, 0.25) is 0 Å². The molecular weight excluding hydrogens is 683 g/mol. The van der Waals surface area contributed by atoms with Gasteiger partial charge in [-0.3, -0.25) is 0 Å². The second-order valence-electron chi connectivity index (χ2n) is 13.6. The normalized spacial score (nSPS) is 15.3. The van der Waals surface area contributed by atoms with Crippen molar-refractivity contribution in [1.29, 1.82) is 0 Å². The van der Waals surface area contributed by atoms with Gasteiger partial charge in [0.2, 0.25) is 0 Å². The Bertz CT molecular complexity index is 2630. The van der Waals surface area contributed by atoms with E-state index in [9.17, 15) is 0 Å². The van der Waals surface area contributed by atoms with Crippen molar-refractivity contribution in [3.05, 3.63) is 163 Å². The molecule has 0 spiro atoms. The Morgan fingerprint density at radius 1 is 0.527 bits per heavy atom. The molecule has 1 aromatic heterocycles. The second-order valence-corrected chi connectivity index (χ2v) is 13.6. The predicted molar refractivity (Wildman–Crippen MR) is 218 cm³/mol. The first-order chi connectivity index (χ1) is 27.1. The molecule has 0 N–H and O–H groups in total. The number of para-hydroxylation sites is 8. The summed E-state index contributed by atoms with van der Waals surface area (Å²) in [5.74, 6) is 4.41. The highest BCUT2D eigenvalue weighted by molar-refractivity contribution is 6.11. The zero-order valence-electron chi connectivity index (χ0n) is 30.0. The fourth-order valence-electron chi connectivity index (χ4n) is 7.28. The van der Waals surface area contributed by atoms with Crippen molar-refractivity contribution >= 4 is 46.2 Å². The number of hydrogen-bond acceptors (Lipinski definition) is 9. The summed E-state index contributed by atoms with van der Waals surface area (Å²) < 4.78 is 12.7. The number of aromatic nitrogens is 3. The Morgan fingerprint density at radius 2 is 0.982 bits per heavy atom. The number of aliphatic imine (C=N–C) groups is 2. The molecule has 3 aliphatic heterocycles.